The van der Waals surface area contributed by atoms with E-state index in [-0.39, 0.29) is 0 Å². The van der Waals surface area contributed by atoms with Crippen molar-refractivity contribution in [1.82, 2.24) is 9.97 Å². The smallest absolute Gasteiger partial charge is 0.230 e. The van der Waals surface area contributed by atoms with E-state index in [0.29, 0.717) is 12.0 Å². The Kier molecular flexibility index (Phi) is 3.71. The molecule has 2 N–H and O–H groups in total. The van der Waals surface area contributed by atoms with Gasteiger partial charge in [0, 0.05) is 23.5 Å². The van der Waals surface area contributed by atoms with Crippen LogP contribution in [-0.4, -0.2) is 22.6 Å². The number of piperidine rings is 1. The van der Waals surface area contributed by atoms with E-state index in [0.717, 1.165) is 43.0 Å². The highest BCUT2D eigenvalue weighted by molar-refractivity contribution is 5.86. The minimum absolute atomic E-state index is 0.458. The Balaban J connectivity index is 1.50. The maximum atomic E-state index is 5.91. The van der Waals surface area contributed by atoms with E-state index in [4.69, 9.17) is 10.7 Å². The van der Waals surface area contributed by atoms with Gasteiger partial charge in [-0.2, -0.15) is 0 Å². The molecule has 26 heavy (non-hydrogen) atoms. The number of aromatic nitrogens is 2. The Morgan fingerprint density at radius 3 is 2.81 bits per heavy atom. The second kappa shape index (κ2) is 6.22. The van der Waals surface area contributed by atoms with E-state index in [1.807, 2.05) is 12.3 Å². The summed E-state index contributed by atoms with van der Waals surface area (Å²) >= 11 is 0. The molecule has 0 aliphatic carbocycles. The first-order valence-corrected chi connectivity index (χ1v) is 9.32. The number of anilines is 1. The van der Waals surface area contributed by atoms with Crippen LogP contribution in [0.25, 0.3) is 22.0 Å². The molecular weight excluding hydrogens is 320 g/mol. The molecule has 1 aromatic heterocycles. The average Bonchev–Trinajstić information content (AvgIpc) is 2.97. The molecule has 0 amide bonds. The predicted octanol–water partition coefficient (Wildman–Crippen LogP) is 4.13. The largest absolute Gasteiger partial charge is 0.330 e. The standard InChI is InChI=1S/C22H22N4/c23-14-15-11-19-7-8-20(12-15)26(19)22-24-10-9-21(25-22)18-6-5-16-3-1-2-4-17(16)13-18/h1-7,9-10,13,15,20H,8,11-12,14,23H2/t15-,20-/m0/s1. The van der Waals surface area contributed by atoms with E-state index in [1.165, 1.54) is 16.5 Å². The highest BCUT2D eigenvalue weighted by atomic mass is 15.3. The van der Waals surface area contributed by atoms with Crippen LogP contribution in [0.3, 0.4) is 0 Å². The molecule has 2 aliphatic heterocycles. The molecule has 0 saturated carbocycles. The summed E-state index contributed by atoms with van der Waals surface area (Å²) in [6.07, 6.45) is 7.46. The molecule has 130 valence electrons. The summed E-state index contributed by atoms with van der Waals surface area (Å²) in [7, 11) is 0. The Hall–Kier alpha value is -2.72. The number of fused-ring (bicyclic) bond motifs is 3. The SMILES string of the molecule is NC[C@H]1CC2=CC[C@@H](C1)N2c1nccc(-c2ccc3ccccc3c2)n1. The van der Waals surface area contributed by atoms with Gasteiger partial charge >= 0.3 is 0 Å². The summed E-state index contributed by atoms with van der Waals surface area (Å²) in [5.41, 5.74) is 9.35. The van der Waals surface area contributed by atoms with E-state index in [9.17, 15) is 0 Å². The van der Waals surface area contributed by atoms with Crippen molar-refractivity contribution >= 4 is 16.7 Å². The van der Waals surface area contributed by atoms with Gasteiger partial charge in [-0.05, 0) is 54.6 Å². The number of nitrogens with two attached hydrogens (primary N) is 1. The van der Waals surface area contributed by atoms with Gasteiger partial charge in [0.15, 0.2) is 0 Å². The number of hydrogen-bond donors (Lipinski definition) is 1. The lowest BCUT2D eigenvalue weighted by Crippen LogP contribution is -2.39. The van der Waals surface area contributed by atoms with Crippen LogP contribution in [0, 0.1) is 5.92 Å². The molecule has 0 spiro atoms. The van der Waals surface area contributed by atoms with Crippen molar-refractivity contribution in [1.29, 1.82) is 0 Å². The molecule has 4 heteroatoms. The fourth-order valence-corrected chi connectivity index (χ4v) is 4.30. The Labute approximate surface area is 153 Å². The van der Waals surface area contributed by atoms with Crippen LogP contribution in [0.15, 0.2) is 66.5 Å². The third-order valence-electron chi connectivity index (χ3n) is 5.64. The predicted molar refractivity (Wildman–Crippen MR) is 106 cm³/mol. The van der Waals surface area contributed by atoms with E-state index in [1.54, 1.807) is 0 Å². The van der Waals surface area contributed by atoms with Crippen LogP contribution in [0.2, 0.25) is 0 Å². The molecular formula is C22H22N4. The van der Waals surface area contributed by atoms with Crippen molar-refractivity contribution in [2.75, 3.05) is 11.4 Å². The molecule has 3 heterocycles. The number of allylic oxidation sites excluding steroid dienone is 1. The molecule has 5 rings (SSSR count). The third-order valence-corrected chi connectivity index (χ3v) is 5.64. The number of benzene rings is 2. The summed E-state index contributed by atoms with van der Waals surface area (Å²) in [5.74, 6) is 1.41. The molecule has 0 unspecified atom stereocenters. The molecule has 2 bridgehead atoms. The topological polar surface area (TPSA) is 55.0 Å². The third kappa shape index (κ3) is 2.58. The van der Waals surface area contributed by atoms with Gasteiger partial charge in [0.25, 0.3) is 0 Å². The lowest BCUT2D eigenvalue weighted by molar-refractivity contribution is 0.399. The lowest BCUT2D eigenvalue weighted by Gasteiger charge is -2.36. The first-order chi connectivity index (χ1) is 12.8. The van der Waals surface area contributed by atoms with Gasteiger partial charge in [-0.15, -0.1) is 0 Å². The molecule has 1 saturated heterocycles. The van der Waals surface area contributed by atoms with Gasteiger partial charge < -0.3 is 10.6 Å². The van der Waals surface area contributed by atoms with Crippen molar-refractivity contribution in [2.24, 2.45) is 11.7 Å². The van der Waals surface area contributed by atoms with Gasteiger partial charge in [-0.1, -0.05) is 42.5 Å². The first-order valence-electron chi connectivity index (χ1n) is 9.32. The molecule has 3 aromatic rings. The maximum Gasteiger partial charge on any atom is 0.230 e. The van der Waals surface area contributed by atoms with E-state index < -0.39 is 0 Å². The van der Waals surface area contributed by atoms with Crippen LogP contribution in [-0.2, 0) is 0 Å². The summed E-state index contributed by atoms with van der Waals surface area (Å²) in [5, 5.41) is 2.48. The number of hydrogen-bond acceptors (Lipinski definition) is 4. The van der Waals surface area contributed by atoms with Crippen LogP contribution >= 0.6 is 0 Å². The monoisotopic (exact) mass is 342 g/mol. The second-order valence-electron chi connectivity index (χ2n) is 7.30. The average molecular weight is 342 g/mol. The van der Waals surface area contributed by atoms with Crippen molar-refractivity contribution < 1.29 is 0 Å². The van der Waals surface area contributed by atoms with Gasteiger partial charge in [0.1, 0.15) is 0 Å². The highest BCUT2D eigenvalue weighted by Gasteiger charge is 2.36. The zero-order valence-corrected chi connectivity index (χ0v) is 14.7. The van der Waals surface area contributed by atoms with Crippen LogP contribution < -0.4 is 10.6 Å². The van der Waals surface area contributed by atoms with E-state index >= 15 is 0 Å². The Morgan fingerprint density at radius 1 is 1.08 bits per heavy atom. The van der Waals surface area contributed by atoms with Crippen LogP contribution in [0.4, 0.5) is 5.95 Å². The van der Waals surface area contributed by atoms with Gasteiger partial charge in [0.2, 0.25) is 5.95 Å². The highest BCUT2D eigenvalue weighted by Crippen LogP contribution is 2.39. The molecule has 2 aromatic carbocycles. The van der Waals surface area contributed by atoms with Crippen molar-refractivity contribution in [3.63, 3.8) is 0 Å². The van der Waals surface area contributed by atoms with Crippen LogP contribution in [0.1, 0.15) is 19.3 Å². The summed E-state index contributed by atoms with van der Waals surface area (Å²) in [6, 6.07) is 17.4. The normalized spacial score (nSPS) is 21.9. The molecule has 0 radical (unpaired) electrons. The molecule has 1 fully saturated rings. The maximum absolute atomic E-state index is 5.91. The minimum Gasteiger partial charge on any atom is -0.330 e. The zero-order valence-electron chi connectivity index (χ0n) is 14.7. The van der Waals surface area contributed by atoms with E-state index in [2.05, 4.69) is 58.4 Å². The molecule has 2 atom stereocenters. The number of rotatable bonds is 3. The van der Waals surface area contributed by atoms with Crippen molar-refractivity contribution in [3.8, 4) is 11.3 Å². The van der Waals surface area contributed by atoms with Crippen molar-refractivity contribution in [2.45, 2.75) is 25.3 Å². The fourth-order valence-electron chi connectivity index (χ4n) is 4.30. The summed E-state index contributed by atoms with van der Waals surface area (Å²) < 4.78 is 0. The fraction of sp³-hybridized carbons (Fsp3) is 0.273. The molecule has 4 nitrogen and oxygen atoms in total. The lowest BCUT2D eigenvalue weighted by atomic mass is 9.92. The number of nitrogens with zero attached hydrogens (tertiary/aromatic N) is 3. The van der Waals surface area contributed by atoms with Gasteiger partial charge in [-0.25, -0.2) is 9.97 Å². The zero-order chi connectivity index (χ0) is 17.5. The molecule has 2 aliphatic rings. The van der Waals surface area contributed by atoms with Gasteiger partial charge in [0.05, 0.1) is 5.69 Å². The van der Waals surface area contributed by atoms with Gasteiger partial charge in [-0.3, -0.25) is 0 Å². The summed E-state index contributed by atoms with van der Waals surface area (Å²) in [4.78, 5) is 11.8. The Bertz CT molecular complexity index is 994. The van der Waals surface area contributed by atoms with Crippen LogP contribution in [0.5, 0.6) is 0 Å². The quantitative estimate of drug-likeness (QED) is 0.777. The minimum atomic E-state index is 0.458. The Morgan fingerprint density at radius 2 is 1.96 bits per heavy atom. The second-order valence-corrected chi connectivity index (χ2v) is 7.30. The summed E-state index contributed by atoms with van der Waals surface area (Å²) in [6.45, 7) is 0.764. The first kappa shape index (κ1) is 15.5. The van der Waals surface area contributed by atoms with Crippen molar-refractivity contribution in [3.05, 3.63) is 66.5 Å².